The van der Waals surface area contributed by atoms with E-state index in [4.69, 9.17) is 9.47 Å². The first-order chi connectivity index (χ1) is 12.2. The van der Waals surface area contributed by atoms with Gasteiger partial charge < -0.3 is 14.8 Å². The molecule has 0 aliphatic carbocycles. The summed E-state index contributed by atoms with van der Waals surface area (Å²) in [6.07, 6.45) is 9.31. The third-order valence-corrected chi connectivity index (χ3v) is 4.37. The monoisotopic (exact) mass is 347 g/mol. The highest BCUT2D eigenvalue weighted by Gasteiger charge is 2.28. The molecule has 5 nitrogen and oxygen atoms in total. The maximum Gasteiger partial charge on any atom is 0.328 e. The summed E-state index contributed by atoms with van der Waals surface area (Å²) in [5.74, 6) is 0.147. The molecule has 1 fully saturated rings. The van der Waals surface area contributed by atoms with Crippen molar-refractivity contribution in [3.05, 3.63) is 29.8 Å². The van der Waals surface area contributed by atoms with E-state index in [1.54, 1.807) is 24.3 Å². The number of carbonyl (C=O) groups is 2. The van der Waals surface area contributed by atoms with Crippen LogP contribution in [0.1, 0.15) is 68.6 Å². The molecule has 0 bridgehead atoms. The van der Waals surface area contributed by atoms with Crippen molar-refractivity contribution < 1.29 is 19.1 Å². The van der Waals surface area contributed by atoms with E-state index in [1.807, 2.05) is 0 Å². The van der Waals surface area contributed by atoms with Crippen molar-refractivity contribution in [3.8, 4) is 5.75 Å². The van der Waals surface area contributed by atoms with Gasteiger partial charge in [-0.2, -0.15) is 0 Å². The second-order valence-corrected chi connectivity index (χ2v) is 6.48. The van der Waals surface area contributed by atoms with Crippen LogP contribution in [0.25, 0.3) is 0 Å². The fraction of sp³-hybridized carbons (Fsp3) is 0.600. The zero-order valence-corrected chi connectivity index (χ0v) is 15.1. The average molecular weight is 347 g/mol. The molecule has 1 unspecified atom stereocenters. The molecule has 1 saturated heterocycles. The van der Waals surface area contributed by atoms with Gasteiger partial charge in [0.15, 0.2) is 0 Å². The number of ether oxygens (including phenoxy) is 2. The minimum Gasteiger partial charge on any atom is -0.494 e. The maximum atomic E-state index is 12.1. The zero-order chi connectivity index (χ0) is 17.9. The van der Waals surface area contributed by atoms with Gasteiger partial charge in [0.2, 0.25) is 0 Å². The predicted molar refractivity (Wildman–Crippen MR) is 96.8 cm³/mol. The van der Waals surface area contributed by atoms with E-state index in [0.29, 0.717) is 25.2 Å². The minimum atomic E-state index is -0.527. The third kappa shape index (κ3) is 6.77. The molecule has 138 valence electrons. The largest absolute Gasteiger partial charge is 0.494 e. The Balaban J connectivity index is 1.64. The molecule has 5 heteroatoms. The average Bonchev–Trinajstić information content (AvgIpc) is 3.02. The van der Waals surface area contributed by atoms with Gasteiger partial charge in [-0.05, 0) is 30.7 Å². The maximum absolute atomic E-state index is 12.1. The number of hydrogen-bond acceptors (Lipinski definition) is 4. The number of amides is 1. The molecule has 0 radical (unpaired) electrons. The van der Waals surface area contributed by atoms with Crippen LogP contribution < -0.4 is 10.1 Å². The highest BCUT2D eigenvalue weighted by Crippen LogP contribution is 2.14. The Hall–Kier alpha value is -2.04. The van der Waals surface area contributed by atoms with Gasteiger partial charge in [-0.1, -0.05) is 45.4 Å². The summed E-state index contributed by atoms with van der Waals surface area (Å²) >= 11 is 0. The quantitative estimate of drug-likeness (QED) is 0.488. The molecule has 1 aromatic rings. The van der Waals surface area contributed by atoms with Gasteiger partial charge in [-0.15, -0.1) is 0 Å². The Kier molecular flexibility index (Phi) is 8.29. The number of carbonyl (C=O) groups excluding carboxylic acids is 2. The Morgan fingerprint density at radius 3 is 2.44 bits per heavy atom. The third-order valence-electron chi connectivity index (χ3n) is 4.37. The summed E-state index contributed by atoms with van der Waals surface area (Å²) in [7, 11) is 0. The van der Waals surface area contributed by atoms with Gasteiger partial charge in [-0.25, -0.2) is 4.79 Å². The van der Waals surface area contributed by atoms with E-state index in [-0.39, 0.29) is 11.9 Å². The molecule has 0 saturated carbocycles. The first kappa shape index (κ1) is 19.3. The van der Waals surface area contributed by atoms with E-state index < -0.39 is 6.04 Å². The van der Waals surface area contributed by atoms with Crippen molar-refractivity contribution in [1.29, 1.82) is 0 Å². The van der Waals surface area contributed by atoms with Crippen molar-refractivity contribution in [2.24, 2.45) is 0 Å². The summed E-state index contributed by atoms with van der Waals surface area (Å²) in [6, 6.07) is 6.50. The lowest BCUT2D eigenvalue weighted by Gasteiger charge is -2.10. The van der Waals surface area contributed by atoms with Crippen LogP contribution >= 0.6 is 0 Å². The molecule has 1 aliphatic rings. The molecule has 1 atom stereocenters. The van der Waals surface area contributed by atoms with Crippen molar-refractivity contribution in [2.75, 3.05) is 13.2 Å². The first-order valence-corrected chi connectivity index (χ1v) is 9.41. The molecular formula is C20H29NO4. The van der Waals surface area contributed by atoms with Crippen LogP contribution in [0, 0.1) is 0 Å². The molecule has 1 N–H and O–H groups in total. The molecule has 0 spiro atoms. The number of unbranched alkanes of at least 4 members (excludes halogenated alkanes) is 6. The predicted octanol–water partition coefficient (Wildman–Crippen LogP) is 3.86. The highest BCUT2D eigenvalue weighted by molar-refractivity contribution is 5.97. The zero-order valence-electron chi connectivity index (χ0n) is 15.1. The number of rotatable bonds is 11. The Bertz CT molecular complexity index is 541. The molecule has 1 amide bonds. The lowest BCUT2D eigenvalue weighted by atomic mass is 10.1. The van der Waals surface area contributed by atoms with Gasteiger partial charge in [-0.3, -0.25) is 4.79 Å². The van der Waals surface area contributed by atoms with E-state index >= 15 is 0 Å². The number of cyclic esters (lactones) is 1. The van der Waals surface area contributed by atoms with Crippen molar-refractivity contribution >= 4 is 11.9 Å². The van der Waals surface area contributed by atoms with Crippen LogP contribution in [0.3, 0.4) is 0 Å². The molecule has 1 heterocycles. The van der Waals surface area contributed by atoms with E-state index in [0.717, 1.165) is 12.2 Å². The van der Waals surface area contributed by atoms with Crippen LogP contribution in [-0.4, -0.2) is 31.1 Å². The Morgan fingerprint density at radius 1 is 1.12 bits per heavy atom. The second kappa shape index (κ2) is 10.7. The summed E-state index contributed by atoms with van der Waals surface area (Å²) in [5.41, 5.74) is 0.517. The summed E-state index contributed by atoms with van der Waals surface area (Å²) in [5, 5.41) is 2.69. The number of nitrogens with one attached hydrogen (secondary N) is 1. The van der Waals surface area contributed by atoms with Gasteiger partial charge in [0.25, 0.3) is 5.91 Å². The van der Waals surface area contributed by atoms with Gasteiger partial charge in [0.1, 0.15) is 11.8 Å². The Labute approximate surface area is 150 Å². The first-order valence-electron chi connectivity index (χ1n) is 9.41. The second-order valence-electron chi connectivity index (χ2n) is 6.48. The van der Waals surface area contributed by atoms with Crippen LogP contribution in [0.5, 0.6) is 5.75 Å². The van der Waals surface area contributed by atoms with Crippen LogP contribution in [0.15, 0.2) is 24.3 Å². The smallest absolute Gasteiger partial charge is 0.328 e. The topological polar surface area (TPSA) is 64.6 Å². The summed E-state index contributed by atoms with van der Waals surface area (Å²) < 4.78 is 10.6. The normalized spacial score (nSPS) is 16.5. The minimum absolute atomic E-state index is 0.262. The van der Waals surface area contributed by atoms with Crippen molar-refractivity contribution in [2.45, 2.75) is 64.3 Å². The van der Waals surface area contributed by atoms with Gasteiger partial charge in [0.05, 0.1) is 13.2 Å². The lowest BCUT2D eigenvalue weighted by Crippen LogP contribution is -2.37. The van der Waals surface area contributed by atoms with Crippen molar-refractivity contribution in [1.82, 2.24) is 5.32 Å². The van der Waals surface area contributed by atoms with Crippen LogP contribution in [0.4, 0.5) is 0 Å². The number of hydrogen-bond donors (Lipinski definition) is 1. The standard InChI is InChI=1S/C20H29NO4/c1-2-3-4-5-6-7-8-14-24-17-11-9-16(10-12-17)19(22)21-18-13-15-25-20(18)23/h9-12,18H,2-8,13-15H2,1H3,(H,21,22). The van der Waals surface area contributed by atoms with E-state index in [2.05, 4.69) is 12.2 Å². The van der Waals surface area contributed by atoms with Crippen LogP contribution in [0.2, 0.25) is 0 Å². The number of esters is 1. The SMILES string of the molecule is CCCCCCCCCOc1ccc(C(=O)NC2CCOC2=O)cc1. The molecule has 1 aliphatic heterocycles. The summed E-state index contributed by atoms with van der Waals surface area (Å²) in [4.78, 5) is 23.5. The summed E-state index contributed by atoms with van der Waals surface area (Å²) in [6.45, 7) is 3.30. The molecule has 1 aromatic carbocycles. The highest BCUT2D eigenvalue weighted by atomic mass is 16.5. The fourth-order valence-corrected chi connectivity index (χ4v) is 2.82. The van der Waals surface area contributed by atoms with Gasteiger partial charge in [0, 0.05) is 12.0 Å². The molecule has 2 rings (SSSR count). The number of benzene rings is 1. The van der Waals surface area contributed by atoms with Crippen molar-refractivity contribution in [3.63, 3.8) is 0 Å². The van der Waals surface area contributed by atoms with E-state index in [9.17, 15) is 9.59 Å². The van der Waals surface area contributed by atoms with Gasteiger partial charge >= 0.3 is 5.97 Å². The molecule has 25 heavy (non-hydrogen) atoms. The molecular weight excluding hydrogens is 318 g/mol. The Morgan fingerprint density at radius 2 is 1.80 bits per heavy atom. The molecule has 0 aromatic heterocycles. The fourth-order valence-electron chi connectivity index (χ4n) is 2.82. The van der Waals surface area contributed by atoms with Crippen LogP contribution in [-0.2, 0) is 9.53 Å². The van der Waals surface area contributed by atoms with E-state index in [1.165, 1.54) is 38.5 Å². The lowest BCUT2D eigenvalue weighted by molar-refractivity contribution is -0.139.